The summed E-state index contributed by atoms with van der Waals surface area (Å²) in [6.07, 6.45) is -7.66. The van der Waals surface area contributed by atoms with Gasteiger partial charge in [-0.1, -0.05) is 24.3 Å². The number of alkyl halides is 3. The van der Waals surface area contributed by atoms with Crippen molar-refractivity contribution < 1.29 is 32.6 Å². The predicted octanol–water partition coefficient (Wildman–Crippen LogP) is 3.89. The third-order valence-electron chi connectivity index (χ3n) is 3.38. The zero-order chi connectivity index (χ0) is 17.9. The minimum absolute atomic E-state index is 0.118. The van der Waals surface area contributed by atoms with Gasteiger partial charge in [0.25, 0.3) is 0 Å². The number of aliphatic hydroxyl groups is 1. The van der Waals surface area contributed by atoms with Gasteiger partial charge in [-0.3, -0.25) is 0 Å². The van der Waals surface area contributed by atoms with Crippen molar-refractivity contribution in [2.24, 2.45) is 0 Å². The molecule has 0 aliphatic rings. The average Bonchev–Trinajstić information content (AvgIpc) is 2.52. The molecule has 2 unspecified atom stereocenters. The van der Waals surface area contributed by atoms with Crippen LogP contribution in [0.25, 0.3) is 0 Å². The van der Waals surface area contributed by atoms with Crippen LogP contribution in [0.3, 0.4) is 0 Å². The Bertz CT molecular complexity index is 716. The van der Waals surface area contributed by atoms with Crippen LogP contribution in [0.2, 0.25) is 0 Å². The van der Waals surface area contributed by atoms with Crippen LogP contribution in [0.4, 0.5) is 22.4 Å². The van der Waals surface area contributed by atoms with E-state index in [9.17, 15) is 27.5 Å². The number of nitrogens with one attached hydrogen (secondary N) is 1. The Morgan fingerprint density at radius 1 is 1.04 bits per heavy atom. The zero-order valence-electron chi connectivity index (χ0n) is 12.1. The van der Waals surface area contributed by atoms with E-state index in [4.69, 9.17) is 5.11 Å². The summed E-state index contributed by atoms with van der Waals surface area (Å²) in [7, 11) is 0. The molecule has 4 nitrogen and oxygen atoms in total. The summed E-state index contributed by atoms with van der Waals surface area (Å²) in [6.45, 7) is 0. The third-order valence-corrected chi connectivity index (χ3v) is 3.38. The molecule has 0 spiro atoms. The first-order valence-electron chi connectivity index (χ1n) is 6.78. The Hall–Kier alpha value is -2.61. The molecule has 2 aromatic rings. The quantitative estimate of drug-likeness (QED) is 0.738. The monoisotopic (exact) mass is 343 g/mol. The number of carboxylic acid groups (broad SMARTS) is 1. The molecule has 0 radical (unpaired) electrons. The molecule has 1 amide bonds. The SMILES string of the molecule is O=C(O)NC(c1ccc(F)cc1)C(O)c1cccc(C(F)(F)F)c1. The van der Waals surface area contributed by atoms with Crippen LogP contribution in [0.5, 0.6) is 0 Å². The Morgan fingerprint density at radius 2 is 1.67 bits per heavy atom. The first-order chi connectivity index (χ1) is 11.2. The molecule has 2 aromatic carbocycles. The molecule has 2 atom stereocenters. The summed E-state index contributed by atoms with van der Waals surface area (Å²) in [4.78, 5) is 10.9. The highest BCUT2D eigenvalue weighted by Crippen LogP contribution is 2.34. The number of benzene rings is 2. The van der Waals surface area contributed by atoms with Crippen molar-refractivity contribution in [3.8, 4) is 0 Å². The molecular weight excluding hydrogens is 330 g/mol. The third kappa shape index (κ3) is 4.23. The molecule has 0 saturated heterocycles. The van der Waals surface area contributed by atoms with Gasteiger partial charge in [0.15, 0.2) is 0 Å². The molecule has 0 saturated carbocycles. The van der Waals surface area contributed by atoms with Gasteiger partial charge in [0.05, 0.1) is 11.6 Å². The van der Waals surface area contributed by atoms with E-state index in [1.165, 1.54) is 18.2 Å². The van der Waals surface area contributed by atoms with Crippen LogP contribution < -0.4 is 5.32 Å². The summed E-state index contributed by atoms with van der Waals surface area (Å²) in [5.41, 5.74) is -0.871. The highest BCUT2D eigenvalue weighted by molar-refractivity contribution is 5.65. The number of aliphatic hydroxyl groups excluding tert-OH is 1. The van der Waals surface area contributed by atoms with E-state index in [1.54, 1.807) is 0 Å². The van der Waals surface area contributed by atoms with E-state index in [2.05, 4.69) is 0 Å². The Kier molecular flexibility index (Phi) is 5.08. The van der Waals surface area contributed by atoms with E-state index in [-0.39, 0.29) is 11.1 Å². The molecule has 3 N–H and O–H groups in total. The first-order valence-corrected chi connectivity index (χ1v) is 6.78. The fourth-order valence-corrected chi connectivity index (χ4v) is 2.24. The molecule has 0 aliphatic heterocycles. The Balaban J connectivity index is 2.39. The van der Waals surface area contributed by atoms with Gasteiger partial charge in [0.2, 0.25) is 0 Å². The lowest BCUT2D eigenvalue weighted by Crippen LogP contribution is -2.31. The lowest BCUT2D eigenvalue weighted by molar-refractivity contribution is -0.137. The summed E-state index contributed by atoms with van der Waals surface area (Å²) in [6, 6.07) is 7.30. The van der Waals surface area contributed by atoms with Gasteiger partial charge >= 0.3 is 12.3 Å². The predicted molar refractivity (Wildman–Crippen MR) is 76.7 cm³/mol. The van der Waals surface area contributed by atoms with Gasteiger partial charge in [0.1, 0.15) is 11.9 Å². The number of carbonyl (C=O) groups is 1. The highest BCUT2D eigenvalue weighted by atomic mass is 19.4. The van der Waals surface area contributed by atoms with Crippen molar-refractivity contribution in [3.63, 3.8) is 0 Å². The number of hydrogen-bond donors (Lipinski definition) is 3. The van der Waals surface area contributed by atoms with E-state index in [0.717, 1.165) is 30.3 Å². The van der Waals surface area contributed by atoms with Crippen LogP contribution in [-0.4, -0.2) is 16.3 Å². The number of rotatable bonds is 4. The van der Waals surface area contributed by atoms with Crippen LogP contribution in [0.1, 0.15) is 28.8 Å². The van der Waals surface area contributed by atoms with Gasteiger partial charge in [-0.05, 0) is 35.4 Å². The van der Waals surface area contributed by atoms with Crippen molar-refractivity contribution in [1.29, 1.82) is 0 Å². The minimum Gasteiger partial charge on any atom is -0.465 e. The zero-order valence-corrected chi connectivity index (χ0v) is 12.1. The van der Waals surface area contributed by atoms with Crippen molar-refractivity contribution in [2.75, 3.05) is 0 Å². The van der Waals surface area contributed by atoms with Crippen molar-refractivity contribution >= 4 is 6.09 Å². The van der Waals surface area contributed by atoms with E-state index >= 15 is 0 Å². The van der Waals surface area contributed by atoms with Gasteiger partial charge in [-0.2, -0.15) is 13.2 Å². The van der Waals surface area contributed by atoms with Crippen LogP contribution >= 0.6 is 0 Å². The minimum atomic E-state index is -4.60. The normalized spacial score (nSPS) is 14.0. The molecule has 0 aromatic heterocycles. The fraction of sp³-hybridized carbons (Fsp3) is 0.188. The second-order valence-corrected chi connectivity index (χ2v) is 5.05. The number of halogens is 4. The lowest BCUT2D eigenvalue weighted by atomic mass is 9.94. The van der Waals surface area contributed by atoms with Crippen LogP contribution in [0.15, 0.2) is 48.5 Å². The largest absolute Gasteiger partial charge is 0.465 e. The van der Waals surface area contributed by atoms with Gasteiger partial charge in [0, 0.05) is 0 Å². The molecule has 2 rings (SSSR count). The standard InChI is InChI=1S/C16H13F4NO3/c17-12-6-4-9(5-7-12)13(21-15(23)24)14(22)10-2-1-3-11(8-10)16(18,19)20/h1-8,13-14,21-22H,(H,23,24). The summed E-state index contributed by atoms with van der Waals surface area (Å²) < 4.78 is 51.3. The van der Waals surface area contributed by atoms with E-state index in [0.29, 0.717) is 0 Å². The molecule has 0 heterocycles. The Labute approximate surface area is 134 Å². The van der Waals surface area contributed by atoms with Crippen molar-refractivity contribution in [1.82, 2.24) is 5.32 Å². The maximum atomic E-state index is 13.0. The average molecular weight is 343 g/mol. The highest BCUT2D eigenvalue weighted by Gasteiger charge is 2.32. The number of hydrogen-bond acceptors (Lipinski definition) is 2. The lowest BCUT2D eigenvalue weighted by Gasteiger charge is -2.24. The summed E-state index contributed by atoms with van der Waals surface area (Å²) in [5, 5.41) is 21.3. The fourth-order valence-electron chi connectivity index (χ4n) is 2.24. The maximum absolute atomic E-state index is 13.0. The molecule has 24 heavy (non-hydrogen) atoms. The van der Waals surface area contributed by atoms with Crippen molar-refractivity contribution in [2.45, 2.75) is 18.3 Å². The first kappa shape index (κ1) is 17.7. The smallest absolute Gasteiger partial charge is 0.416 e. The molecule has 0 aliphatic carbocycles. The molecule has 128 valence electrons. The Morgan fingerprint density at radius 3 is 2.21 bits per heavy atom. The van der Waals surface area contributed by atoms with Crippen LogP contribution in [0, 0.1) is 5.82 Å². The van der Waals surface area contributed by atoms with Gasteiger partial charge in [-0.25, -0.2) is 9.18 Å². The van der Waals surface area contributed by atoms with Gasteiger partial charge < -0.3 is 15.5 Å². The molecule has 0 fully saturated rings. The second kappa shape index (κ2) is 6.88. The maximum Gasteiger partial charge on any atom is 0.416 e. The second-order valence-electron chi connectivity index (χ2n) is 5.05. The van der Waals surface area contributed by atoms with Crippen LogP contribution in [-0.2, 0) is 6.18 Å². The van der Waals surface area contributed by atoms with E-state index < -0.39 is 35.8 Å². The van der Waals surface area contributed by atoms with Crippen molar-refractivity contribution in [3.05, 3.63) is 71.0 Å². The number of amides is 1. The summed E-state index contributed by atoms with van der Waals surface area (Å²) >= 11 is 0. The van der Waals surface area contributed by atoms with Gasteiger partial charge in [-0.15, -0.1) is 0 Å². The molecule has 0 bridgehead atoms. The van der Waals surface area contributed by atoms with E-state index in [1.807, 2.05) is 5.32 Å². The molecular formula is C16H13F4NO3. The summed E-state index contributed by atoms with van der Waals surface area (Å²) in [5.74, 6) is -0.568. The molecule has 8 heteroatoms. The topological polar surface area (TPSA) is 69.6 Å².